The van der Waals surface area contributed by atoms with E-state index in [2.05, 4.69) is 0 Å². The van der Waals surface area contributed by atoms with Gasteiger partial charge in [-0.15, -0.1) is 0 Å². The number of nitrogens with two attached hydrogens (primary N) is 1. The van der Waals surface area contributed by atoms with Gasteiger partial charge in [-0.1, -0.05) is 6.07 Å². The second-order valence-electron chi connectivity index (χ2n) is 3.54. The van der Waals surface area contributed by atoms with Crippen LogP contribution in [-0.2, 0) is 4.57 Å². The Morgan fingerprint density at radius 1 is 1.36 bits per heavy atom. The first-order valence-electron chi connectivity index (χ1n) is 4.13. The Morgan fingerprint density at radius 2 is 1.93 bits per heavy atom. The van der Waals surface area contributed by atoms with Crippen molar-refractivity contribution in [2.45, 2.75) is 0 Å². The molecule has 6 heteroatoms. The minimum absolute atomic E-state index is 0.304. The molecule has 0 aromatic heterocycles. The number of anilines is 1. The molecular weight excluding hydrogens is 200 g/mol. The zero-order valence-corrected chi connectivity index (χ0v) is 9.03. The lowest BCUT2D eigenvalue weighted by Crippen LogP contribution is -2.32. The Morgan fingerprint density at radius 3 is 2.36 bits per heavy atom. The minimum Gasteiger partial charge on any atom is -0.423 e. The van der Waals surface area contributed by atoms with Crippen molar-refractivity contribution in [2.24, 2.45) is 0 Å². The molecule has 1 aromatic carbocycles. The van der Waals surface area contributed by atoms with Gasteiger partial charge in [0.05, 0.1) is 0 Å². The molecule has 0 spiro atoms. The Kier molecular flexibility index (Phi) is 3.05. The lowest BCUT2D eigenvalue weighted by Gasteiger charge is -2.11. The van der Waals surface area contributed by atoms with Crippen LogP contribution in [0.1, 0.15) is 0 Å². The van der Waals surface area contributed by atoms with Crippen LogP contribution >= 0.6 is 7.14 Å². The lowest BCUT2D eigenvalue weighted by molar-refractivity contribution is 0.426. The summed E-state index contributed by atoms with van der Waals surface area (Å²) in [4.78, 5) is 0. The van der Waals surface area contributed by atoms with Crippen LogP contribution in [0.4, 0.5) is 5.69 Å². The third-order valence-corrected chi connectivity index (χ3v) is 3.48. The van der Waals surface area contributed by atoms with E-state index in [-0.39, 0.29) is 0 Å². The molecule has 0 fully saturated rings. The van der Waals surface area contributed by atoms with E-state index in [0.29, 0.717) is 16.5 Å². The number of benzene rings is 1. The predicted octanol–water partition coefficient (Wildman–Crippen LogP) is -0.803. The second-order valence-corrected chi connectivity index (χ2v) is 6.73. The van der Waals surface area contributed by atoms with E-state index in [9.17, 15) is 4.57 Å². The topological polar surface area (TPSA) is 83.5 Å². The molecule has 14 heavy (non-hydrogen) atoms. The molecule has 0 saturated heterocycles. The largest absolute Gasteiger partial charge is 0.488 e. The summed E-state index contributed by atoms with van der Waals surface area (Å²) < 4.78 is 11.8. The van der Waals surface area contributed by atoms with Gasteiger partial charge in [0, 0.05) is 11.0 Å². The van der Waals surface area contributed by atoms with Gasteiger partial charge in [0.2, 0.25) is 0 Å². The van der Waals surface area contributed by atoms with Crippen molar-refractivity contribution in [1.82, 2.24) is 0 Å². The fraction of sp³-hybridized carbons (Fsp3) is 0.250. The van der Waals surface area contributed by atoms with E-state index < -0.39 is 14.3 Å². The van der Waals surface area contributed by atoms with Gasteiger partial charge in [0.1, 0.15) is 7.14 Å². The molecule has 0 heterocycles. The van der Waals surface area contributed by atoms with Crippen molar-refractivity contribution in [3.8, 4) is 0 Å². The summed E-state index contributed by atoms with van der Waals surface area (Å²) in [6.45, 7) is 3.18. The fourth-order valence-electron chi connectivity index (χ4n) is 1.19. The van der Waals surface area contributed by atoms with Crippen molar-refractivity contribution in [3.63, 3.8) is 0 Å². The van der Waals surface area contributed by atoms with Gasteiger partial charge >= 0.3 is 7.12 Å². The van der Waals surface area contributed by atoms with Crippen LogP contribution in [0.3, 0.4) is 0 Å². The van der Waals surface area contributed by atoms with Crippen molar-refractivity contribution in [2.75, 3.05) is 19.1 Å². The zero-order chi connectivity index (χ0) is 10.9. The Labute approximate surface area is 83.3 Å². The highest BCUT2D eigenvalue weighted by Gasteiger charge is 2.18. The third-order valence-electron chi connectivity index (χ3n) is 1.93. The number of hydrogen-bond acceptors (Lipinski definition) is 4. The summed E-state index contributed by atoms with van der Waals surface area (Å²) in [6, 6.07) is 4.50. The average Bonchev–Trinajstić information content (AvgIpc) is 2.02. The van der Waals surface area contributed by atoms with Crippen LogP contribution in [0.25, 0.3) is 0 Å². The maximum atomic E-state index is 11.8. The van der Waals surface area contributed by atoms with E-state index in [4.69, 9.17) is 15.8 Å². The molecule has 0 unspecified atom stereocenters. The molecule has 0 radical (unpaired) electrons. The first-order chi connectivity index (χ1) is 6.32. The maximum Gasteiger partial charge on any atom is 0.488 e. The SMILES string of the molecule is CP(C)(=O)c1cc(B(O)O)ccc1N. The fourth-order valence-corrected chi connectivity index (χ4v) is 2.34. The molecule has 0 bridgehead atoms. The van der Waals surface area contributed by atoms with E-state index in [0.717, 1.165) is 0 Å². The van der Waals surface area contributed by atoms with Crippen LogP contribution in [0.15, 0.2) is 18.2 Å². The van der Waals surface area contributed by atoms with Crippen molar-refractivity contribution in [3.05, 3.63) is 18.2 Å². The van der Waals surface area contributed by atoms with E-state index in [1.807, 2.05) is 0 Å². The predicted molar refractivity (Wildman–Crippen MR) is 59.8 cm³/mol. The molecule has 0 aliphatic rings. The van der Waals surface area contributed by atoms with Crippen molar-refractivity contribution < 1.29 is 14.6 Å². The van der Waals surface area contributed by atoms with Gasteiger partial charge in [-0.05, 0) is 30.9 Å². The smallest absolute Gasteiger partial charge is 0.423 e. The van der Waals surface area contributed by atoms with Crippen LogP contribution in [0.5, 0.6) is 0 Å². The molecule has 4 nitrogen and oxygen atoms in total. The molecule has 1 aromatic rings. The second kappa shape index (κ2) is 3.77. The Hall–Kier alpha value is -0.765. The molecule has 0 saturated carbocycles. The highest BCUT2D eigenvalue weighted by atomic mass is 31.2. The molecule has 0 amide bonds. The first kappa shape index (κ1) is 11.3. The highest BCUT2D eigenvalue weighted by molar-refractivity contribution is 7.70. The van der Waals surface area contributed by atoms with Crippen molar-refractivity contribution >= 4 is 30.7 Å². The molecule has 4 N–H and O–H groups in total. The van der Waals surface area contributed by atoms with Gasteiger partial charge in [-0.2, -0.15) is 0 Å². The maximum absolute atomic E-state index is 11.8. The molecule has 0 aliphatic carbocycles. The van der Waals surface area contributed by atoms with Crippen LogP contribution < -0.4 is 16.5 Å². The monoisotopic (exact) mass is 213 g/mol. The van der Waals surface area contributed by atoms with Gasteiger partial charge in [0.25, 0.3) is 0 Å². The van der Waals surface area contributed by atoms with Gasteiger partial charge in [-0.3, -0.25) is 0 Å². The van der Waals surface area contributed by atoms with E-state index in [1.54, 1.807) is 13.3 Å². The lowest BCUT2D eigenvalue weighted by atomic mass is 9.80. The summed E-state index contributed by atoms with van der Waals surface area (Å²) in [7, 11) is -4.02. The standard InChI is InChI=1S/C8H13BNO3P/c1-14(2,13)8-5-6(9(11)12)3-4-7(8)10/h3-5,11-12H,10H2,1-2H3. The Bertz CT molecular complexity index is 388. The summed E-state index contributed by atoms with van der Waals surface area (Å²) in [5, 5.41) is 18.3. The van der Waals surface area contributed by atoms with Crippen LogP contribution in [0.2, 0.25) is 0 Å². The van der Waals surface area contributed by atoms with Gasteiger partial charge in [0.15, 0.2) is 0 Å². The number of hydrogen-bond donors (Lipinski definition) is 3. The minimum atomic E-state index is -2.47. The molecule has 0 aliphatic heterocycles. The quantitative estimate of drug-likeness (QED) is 0.341. The summed E-state index contributed by atoms with van der Waals surface area (Å²) in [6.07, 6.45) is 0. The highest BCUT2D eigenvalue weighted by Crippen LogP contribution is 2.36. The zero-order valence-electron chi connectivity index (χ0n) is 8.14. The van der Waals surface area contributed by atoms with Crippen LogP contribution in [-0.4, -0.2) is 30.5 Å². The third kappa shape index (κ3) is 2.38. The Balaban J connectivity index is 3.29. The summed E-state index contributed by atoms with van der Waals surface area (Å²) in [5.74, 6) is 0. The normalized spacial score (nSPS) is 11.4. The van der Waals surface area contributed by atoms with Crippen LogP contribution in [0, 0.1) is 0 Å². The van der Waals surface area contributed by atoms with E-state index >= 15 is 0 Å². The molecular formula is C8H13BNO3P. The first-order valence-corrected chi connectivity index (χ1v) is 6.73. The number of nitrogen functional groups attached to an aromatic ring is 1. The molecule has 1 rings (SSSR count). The van der Waals surface area contributed by atoms with E-state index in [1.165, 1.54) is 18.2 Å². The number of rotatable bonds is 2. The molecule has 76 valence electrons. The summed E-state index contributed by atoms with van der Waals surface area (Å²) >= 11 is 0. The van der Waals surface area contributed by atoms with Gasteiger partial charge in [-0.25, -0.2) is 0 Å². The summed E-state index contributed by atoms with van der Waals surface area (Å²) in [5.41, 5.74) is 6.36. The van der Waals surface area contributed by atoms with Gasteiger partial charge < -0.3 is 20.3 Å². The van der Waals surface area contributed by atoms with Crippen molar-refractivity contribution in [1.29, 1.82) is 0 Å². The average molecular weight is 213 g/mol. The molecule has 0 atom stereocenters.